The van der Waals surface area contributed by atoms with Crippen LogP contribution in [-0.4, -0.2) is 19.8 Å². The molecule has 1 spiro atoms. The molecule has 1 aliphatic carbocycles. The molecule has 0 radical (unpaired) electrons. The first-order chi connectivity index (χ1) is 5.54. The molecule has 5 nitrogen and oxygen atoms in total. The Morgan fingerprint density at radius 3 is 2.42 bits per heavy atom. The van der Waals surface area contributed by atoms with Crippen molar-refractivity contribution in [2.45, 2.75) is 31.2 Å². The monoisotopic (exact) mass is 189 g/mol. The van der Waals surface area contributed by atoms with E-state index in [4.69, 9.17) is 5.73 Å². The zero-order chi connectivity index (χ0) is 8.82. The molecular weight excluding hydrogens is 178 g/mol. The summed E-state index contributed by atoms with van der Waals surface area (Å²) in [4.78, 5) is 0. The first-order valence-electron chi connectivity index (χ1n) is 3.94. The van der Waals surface area contributed by atoms with Gasteiger partial charge < -0.3 is 5.73 Å². The molecule has 0 amide bonds. The molecule has 0 saturated heterocycles. The lowest BCUT2D eigenvalue weighted by molar-refractivity contribution is 0.515. The number of hydrogen-bond acceptors (Lipinski definition) is 3. The lowest BCUT2D eigenvalue weighted by Gasteiger charge is -2.20. The highest BCUT2D eigenvalue weighted by Crippen LogP contribution is 2.33. The number of amidine groups is 1. The normalized spacial score (nSPS) is 30.8. The van der Waals surface area contributed by atoms with E-state index < -0.39 is 15.7 Å². The van der Waals surface area contributed by atoms with E-state index in [1.165, 1.54) is 0 Å². The van der Waals surface area contributed by atoms with Crippen LogP contribution in [0.2, 0.25) is 0 Å². The molecule has 6 heteroatoms. The third-order valence-electron chi connectivity index (χ3n) is 2.49. The summed E-state index contributed by atoms with van der Waals surface area (Å²) >= 11 is 0. The molecule has 0 bridgehead atoms. The van der Waals surface area contributed by atoms with E-state index in [0.29, 0.717) is 0 Å². The highest BCUT2D eigenvalue weighted by atomic mass is 32.2. The number of hydrogen-bond donors (Lipinski definition) is 2. The largest absolute Gasteiger partial charge is 0.385 e. The molecule has 0 aromatic heterocycles. The zero-order valence-corrected chi connectivity index (χ0v) is 7.39. The van der Waals surface area contributed by atoms with Crippen molar-refractivity contribution in [3.63, 3.8) is 0 Å². The second-order valence-corrected chi connectivity index (χ2v) is 4.68. The smallest absolute Gasteiger partial charge is 0.322 e. The van der Waals surface area contributed by atoms with Gasteiger partial charge in [-0.25, -0.2) is 0 Å². The third kappa shape index (κ3) is 1.02. The van der Waals surface area contributed by atoms with Gasteiger partial charge in [0.25, 0.3) is 0 Å². The molecular formula is C6H11N3O2S. The van der Waals surface area contributed by atoms with Crippen molar-refractivity contribution < 1.29 is 8.42 Å². The summed E-state index contributed by atoms with van der Waals surface area (Å²) < 4.78 is 28.0. The van der Waals surface area contributed by atoms with Crippen LogP contribution < -0.4 is 10.5 Å². The third-order valence-corrected chi connectivity index (χ3v) is 3.58. The maximum Gasteiger partial charge on any atom is 0.322 e. The van der Waals surface area contributed by atoms with Gasteiger partial charge in [0.05, 0.1) is 5.54 Å². The fourth-order valence-electron chi connectivity index (χ4n) is 1.88. The predicted octanol–water partition coefficient (Wildman–Crippen LogP) is -0.496. The van der Waals surface area contributed by atoms with Crippen LogP contribution in [0.15, 0.2) is 4.40 Å². The van der Waals surface area contributed by atoms with Crippen LogP contribution in [0, 0.1) is 0 Å². The summed E-state index contributed by atoms with van der Waals surface area (Å²) in [6.45, 7) is 0. The molecule has 2 rings (SSSR count). The average Bonchev–Trinajstić information content (AvgIpc) is 2.42. The predicted molar refractivity (Wildman–Crippen MR) is 44.9 cm³/mol. The zero-order valence-electron chi connectivity index (χ0n) is 6.58. The van der Waals surface area contributed by atoms with Gasteiger partial charge in [0, 0.05) is 0 Å². The van der Waals surface area contributed by atoms with Crippen LogP contribution in [0.4, 0.5) is 0 Å². The van der Waals surface area contributed by atoms with Crippen LogP contribution in [0.1, 0.15) is 25.7 Å². The Morgan fingerprint density at radius 1 is 1.42 bits per heavy atom. The molecule has 1 heterocycles. The van der Waals surface area contributed by atoms with Crippen molar-refractivity contribution in [2.75, 3.05) is 0 Å². The lowest BCUT2D eigenvalue weighted by atomic mass is 9.98. The topological polar surface area (TPSA) is 84.5 Å². The molecule has 0 unspecified atom stereocenters. The van der Waals surface area contributed by atoms with Crippen molar-refractivity contribution in [1.29, 1.82) is 0 Å². The van der Waals surface area contributed by atoms with Gasteiger partial charge in [-0.3, -0.25) is 0 Å². The van der Waals surface area contributed by atoms with E-state index in [2.05, 4.69) is 9.12 Å². The molecule has 1 aliphatic heterocycles. The molecule has 0 aromatic carbocycles. The fraction of sp³-hybridized carbons (Fsp3) is 0.833. The first-order valence-corrected chi connectivity index (χ1v) is 5.38. The van der Waals surface area contributed by atoms with Crippen molar-refractivity contribution in [1.82, 2.24) is 4.72 Å². The molecule has 0 atom stereocenters. The Morgan fingerprint density at radius 2 is 2.00 bits per heavy atom. The van der Waals surface area contributed by atoms with E-state index in [1.54, 1.807) is 0 Å². The lowest BCUT2D eigenvalue weighted by Crippen LogP contribution is -2.49. The SMILES string of the molecule is NC1=NS(=O)(=O)NC12CCCC2. The number of nitrogens with zero attached hydrogens (tertiary/aromatic N) is 1. The van der Waals surface area contributed by atoms with E-state index in [0.717, 1.165) is 25.7 Å². The average molecular weight is 189 g/mol. The van der Waals surface area contributed by atoms with Crippen LogP contribution >= 0.6 is 0 Å². The minimum Gasteiger partial charge on any atom is -0.385 e. The van der Waals surface area contributed by atoms with Crippen LogP contribution in [0.3, 0.4) is 0 Å². The molecule has 1 saturated carbocycles. The van der Waals surface area contributed by atoms with Crippen molar-refractivity contribution >= 4 is 16.0 Å². The van der Waals surface area contributed by atoms with E-state index >= 15 is 0 Å². The summed E-state index contributed by atoms with van der Waals surface area (Å²) in [6.07, 6.45) is 3.58. The standard InChI is InChI=1S/C6H11N3O2S/c7-5-6(3-1-2-4-6)9-12(10,11)8-5/h9H,1-4H2,(H2,7,8). The van der Waals surface area contributed by atoms with E-state index in [-0.39, 0.29) is 5.84 Å². The second-order valence-electron chi connectivity index (χ2n) is 3.34. The van der Waals surface area contributed by atoms with Crippen LogP contribution in [0.25, 0.3) is 0 Å². The summed E-state index contributed by atoms with van der Waals surface area (Å²) in [5, 5.41) is 0. The van der Waals surface area contributed by atoms with Crippen molar-refractivity contribution in [3.05, 3.63) is 0 Å². The van der Waals surface area contributed by atoms with E-state index in [1.807, 2.05) is 0 Å². The number of nitrogens with two attached hydrogens (primary N) is 1. The fourth-order valence-corrected chi connectivity index (χ4v) is 3.16. The number of nitrogens with one attached hydrogen (secondary N) is 1. The summed E-state index contributed by atoms with van der Waals surface area (Å²) in [6, 6.07) is 0. The Hall–Kier alpha value is -0.620. The van der Waals surface area contributed by atoms with Crippen LogP contribution in [0.5, 0.6) is 0 Å². The second kappa shape index (κ2) is 2.20. The summed E-state index contributed by atoms with van der Waals surface area (Å²) in [5.74, 6) is 0.236. The van der Waals surface area contributed by atoms with Crippen molar-refractivity contribution in [3.8, 4) is 0 Å². The quantitative estimate of drug-likeness (QED) is 0.539. The Labute approximate surface area is 71.2 Å². The molecule has 68 valence electrons. The summed E-state index contributed by atoms with van der Waals surface area (Å²) in [5.41, 5.74) is 5.03. The van der Waals surface area contributed by atoms with Gasteiger partial charge in [-0.15, -0.1) is 4.40 Å². The van der Waals surface area contributed by atoms with Crippen molar-refractivity contribution in [2.24, 2.45) is 10.1 Å². The molecule has 2 aliphatic rings. The van der Waals surface area contributed by atoms with Gasteiger partial charge >= 0.3 is 10.2 Å². The van der Waals surface area contributed by atoms with Gasteiger partial charge in [-0.05, 0) is 12.8 Å². The van der Waals surface area contributed by atoms with Gasteiger partial charge in [0.1, 0.15) is 5.84 Å². The Bertz CT molecular complexity index is 327. The molecule has 3 N–H and O–H groups in total. The molecule has 0 aromatic rings. The van der Waals surface area contributed by atoms with Crippen LogP contribution in [-0.2, 0) is 10.2 Å². The van der Waals surface area contributed by atoms with Gasteiger partial charge in [0.2, 0.25) is 0 Å². The van der Waals surface area contributed by atoms with E-state index in [9.17, 15) is 8.42 Å². The minimum atomic E-state index is -3.47. The van der Waals surface area contributed by atoms with Gasteiger partial charge in [-0.1, -0.05) is 12.8 Å². The van der Waals surface area contributed by atoms with Gasteiger partial charge in [-0.2, -0.15) is 13.1 Å². The maximum atomic E-state index is 11.0. The summed E-state index contributed by atoms with van der Waals surface area (Å²) in [7, 11) is -3.47. The highest BCUT2D eigenvalue weighted by Gasteiger charge is 2.46. The Balaban J connectivity index is 2.39. The maximum absolute atomic E-state index is 11.0. The minimum absolute atomic E-state index is 0.236. The number of rotatable bonds is 0. The molecule has 1 fully saturated rings. The first kappa shape index (κ1) is 8.00. The highest BCUT2D eigenvalue weighted by molar-refractivity contribution is 7.88. The van der Waals surface area contributed by atoms with Gasteiger partial charge in [0.15, 0.2) is 0 Å². The molecule has 12 heavy (non-hydrogen) atoms. The Kier molecular flexibility index (Phi) is 1.47.